The van der Waals surface area contributed by atoms with Crippen LogP contribution in [0.25, 0.3) is 5.82 Å². The zero-order valence-corrected chi connectivity index (χ0v) is 9.93. The Morgan fingerprint density at radius 1 is 1.28 bits per heavy atom. The Morgan fingerprint density at radius 2 is 2.11 bits per heavy atom. The monoisotopic (exact) mass is 239 g/mol. The van der Waals surface area contributed by atoms with E-state index in [1.165, 1.54) is 18.5 Å². The number of aromatic nitrogens is 3. The second-order valence-electron chi connectivity index (χ2n) is 4.43. The second-order valence-corrected chi connectivity index (χ2v) is 4.43. The van der Waals surface area contributed by atoms with Crippen LogP contribution < -0.4 is 5.73 Å². The number of nitrogens with zero attached hydrogens (tertiary/aromatic N) is 4. The van der Waals surface area contributed by atoms with Crippen LogP contribution in [0.15, 0.2) is 18.5 Å². The maximum atomic E-state index is 8.96. The molecule has 0 spiro atoms. The lowest BCUT2D eigenvalue weighted by molar-refractivity contribution is 0.654. The fourth-order valence-corrected chi connectivity index (χ4v) is 2.35. The molecule has 90 valence electrons. The molecule has 2 aromatic heterocycles. The third kappa shape index (κ3) is 1.63. The van der Waals surface area contributed by atoms with Crippen molar-refractivity contribution in [2.75, 3.05) is 5.73 Å². The normalized spacial score (nSPS) is 13.9. The van der Waals surface area contributed by atoms with Gasteiger partial charge in [-0.3, -0.25) is 4.57 Å². The van der Waals surface area contributed by atoms with Crippen LogP contribution >= 0.6 is 0 Å². The summed E-state index contributed by atoms with van der Waals surface area (Å²) in [6.07, 6.45) is 6.21. The summed E-state index contributed by atoms with van der Waals surface area (Å²) in [5.74, 6) is 0.719. The lowest BCUT2D eigenvalue weighted by atomic mass is 10.0. The first-order valence-corrected chi connectivity index (χ1v) is 6.01. The molecule has 3 rings (SSSR count). The Bertz CT molecular complexity index is 635. The van der Waals surface area contributed by atoms with Gasteiger partial charge in [-0.25, -0.2) is 9.97 Å². The Morgan fingerprint density at radius 3 is 2.94 bits per heavy atom. The first-order chi connectivity index (χ1) is 8.79. The highest BCUT2D eigenvalue weighted by Crippen LogP contribution is 2.23. The molecule has 18 heavy (non-hydrogen) atoms. The molecule has 5 nitrogen and oxygen atoms in total. The minimum absolute atomic E-state index is 0.269. The molecule has 2 N–H and O–H groups in total. The highest BCUT2D eigenvalue weighted by molar-refractivity contribution is 5.52. The van der Waals surface area contributed by atoms with Crippen molar-refractivity contribution in [3.63, 3.8) is 0 Å². The van der Waals surface area contributed by atoms with Gasteiger partial charge in [-0.05, 0) is 37.8 Å². The number of imidazole rings is 1. The van der Waals surface area contributed by atoms with Gasteiger partial charge in [0.05, 0.1) is 11.4 Å². The van der Waals surface area contributed by atoms with E-state index in [-0.39, 0.29) is 5.69 Å². The number of nitrogen functional groups attached to an aromatic ring is 1. The number of hydrogen-bond acceptors (Lipinski definition) is 4. The summed E-state index contributed by atoms with van der Waals surface area (Å²) in [5.41, 5.74) is 8.72. The van der Waals surface area contributed by atoms with E-state index in [0.717, 1.165) is 24.4 Å². The molecule has 0 saturated heterocycles. The molecular formula is C13H13N5. The zero-order chi connectivity index (χ0) is 12.5. The predicted octanol–water partition coefficient (Wildman–Crippen LogP) is 1.60. The van der Waals surface area contributed by atoms with Gasteiger partial charge in [0.2, 0.25) is 0 Å². The third-order valence-electron chi connectivity index (χ3n) is 3.29. The smallest absolute Gasteiger partial charge is 0.165 e. The van der Waals surface area contributed by atoms with E-state index in [9.17, 15) is 0 Å². The first kappa shape index (κ1) is 10.8. The topological polar surface area (TPSA) is 80.5 Å². The maximum Gasteiger partial charge on any atom is 0.165 e. The number of hydrogen-bond donors (Lipinski definition) is 1. The summed E-state index contributed by atoms with van der Waals surface area (Å²) in [4.78, 5) is 8.70. The fraction of sp³-hybridized carbons (Fsp3) is 0.308. The molecule has 1 aliphatic carbocycles. The molecule has 0 radical (unpaired) electrons. The van der Waals surface area contributed by atoms with Crippen molar-refractivity contribution in [3.05, 3.63) is 35.5 Å². The van der Waals surface area contributed by atoms with Crippen molar-refractivity contribution in [1.82, 2.24) is 14.5 Å². The van der Waals surface area contributed by atoms with Gasteiger partial charge >= 0.3 is 0 Å². The van der Waals surface area contributed by atoms with Crippen molar-refractivity contribution < 1.29 is 0 Å². The minimum Gasteiger partial charge on any atom is -0.396 e. The summed E-state index contributed by atoms with van der Waals surface area (Å²) >= 11 is 0. The van der Waals surface area contributed by atoms with Crippen LogP contribution in [-0.4, -0.2) is 14.5 Å². The summed E-state index contributed by atoms with van der Waals surface area (Å²) in [6, 6.07) is 5.55. The zero-order valence-electron chi connectivity index (χ0n) is 9.93. The molecule has 2 heterocycles. The Labute approximate surface area is 105 Å². The molecule has 0 aliphatic heterocycles. The number of anilines is 1. The van der Waals surface area contributed by atoms with Crippen LogP contribution in [0.4, 0.5) is 5.69 Å². The average Bonchev–Trinajstić information content (AvgIpc) is 2.83. The molecule has 0 saturated carbocycles. The molecule has 0 atom stereocenters. The van der Waals surface area contributed by atoms with E-state index in [1.54, 1.807) is 12.4 Å². The summed E-state index contributed by atoms with van der Waals surface area (Å²) in [5, 5.41) is 8.96. The van der Waals surface area contributed by atoms with Gasteiger partial charge < -0.3 is 5.73 Å². The van der Waals surface area contributed by atoms with Crippen molar-refractivity contribution in [1.29, 1.82) is 5.26 Å². The number of aryl methyl sites for hydroxylation is 1. The van der Waals surface area contributed by atoms with Gasteiger partial charge in [0.15, 0.2) is 5.69 Å². The largest absolute Gasteiger partial charge is 0.396 e. The van der Waals surface area contributed by atoms with Gasteiger partial charge in [0.1, 0.15) is 18.2 Å². The first-order valence-electron chi connectivity index (χ1n) is 6.01. The molecule has 1 aliphatic rings. The van der Waals surface area contributed by atoms with E-state index in [1.807, 2.05) is 16.7 Å². The van der Waals surface area contributed by atoms with E-state index >= 15 is 0 Å². The predicted molar refractivity (Wildman–Crippen MR) is 67.1 cm³/mol. The molecule has 5 heteroatoms. The van der Waals surface area contributed by atoms with Crippen LogP contribution in [0.5, 0.6) is 0 Å². The standard InChI is InChI=1S/C13H13N5/c14-7-11-9(15)5-6-13(17-11)18-8-16-10-3-1-2-4-12(10)18/h5-6,8H,1-4,15H2. The molecule has 0 bridgehead atoms. The van der Waals surface area contributed by atoms with E-state index in [4.69, 9.17) is 11.0 Å². The summed E-state index contributed by atoms with van der Waals surface area (Å²) in [7, 11) is 0. The van der Waals surface area contributed by atoms with Crippen LogP contribution in [0.2, 0.25) is 0 Å². The van der Waals surface area contributed by atoms with Gasteiger partial charge in [-0.1, -0.05) is 0 Å². The van der Waals surface area contributed by atoms with Crippen molar-refractivity contribution >= 4 is 5.69 Å². The summed E-state index contributed by atoms with van der Waals surface area (Å²) in [6.45, 7) is 0. The SMILES string of the molecule is N#Cc1nc(-n2cnc3c2CCCC3)ccc1N. The third-order valence-corrected chi connectivity index (χ3v) is 3.29. The lowest BCUT2D eigenvalue weighted by Gasteiger charge is -2.13. The molecule has 0 amide bonds. The second kappa shape index (κ2) is 4.15. The van der Waals surface area contributed by atoms with Gasteiger partial charge in [0.25, 0.3) is 0 Å². The van der Waals surface area contributed by atoms with Gasteiger partial charge in [-0.2, -0.15) is 5.26 Å². The van der Waals surface area contributed by atoms with E-state index in [0.29, 0.717) is 5.69 Å². The highest BCUT2D eigenvalue weighted by atomic mass is 15.1. The fourth-order valence-electron chi connectivity index (χ4n) is 2.35. The van der Waals surface area contributed by atoms with Gasteiger partial charge in [-0.15, -0.1) is 0 Å². The number of rotatable bonds is 1. The van der Waals surface area contributed by atoms with Crippen LogP contribution in [0.3, 0.4) is 0 Å². The number of pyridine rings is 1. The van der Waals surface area contributed by atoms with Crippen LogP contribution in [0, 0.1) is 11.3 Å². The maximum absolute atomic E-state index is 8.96. The average molecular weight is 239 g/mol. The van der Waals surface area contributed by atoms with Crippen LogP contribution in [-0.2, 0) is 12.8 Å². The Hall–Kier alpha value is -2.35. The Balaban J connectivity index is 2.10. The Kier molecular flexibility index (Phi) is 2.49. The van der Waals surface area contributed by atoms with Crippen molar-refractivity contribution in [3.8, 4) is 11.9 Å². The summed E-state index contributed by atoms with van der Waals surface area (Å²) < 4.78 is 1.97. The number of nitriles is 1. The van der Waals surface area contributed by atoms with Crippen LogP contribution in [0.1, 0.15) is 29.9 Å². The van der Waals surface area contributed by atoms with E-state index in [2.05, 4.69) is 9.97 Å². The van der Waals surface area contributed by atoms with Crippen molar-refractivity contribution in [2.45, 2.75) is 25.7 Å². The molecule has 0 aromatic carbocycles. The number of fused-ring (bicyclic) bond motifs is 1. The highest BCUT2D eigenvalue weighted by Gasteiger charge is 2.17. The molecular weight excluding hydrogens is 226 g/mol. The molecule has 2 aromatic rings. The quantitative estimate of drug-likeness (QED) is 0.819. The van der Waals surface area contributed by atoms with Gasteiger partial charge in [0, 0.05) is 5.69 Å². The number of nitrogens with two attached hydrogens (primary N) is 1. The molecule has 0 unspecified atom stereocenters. The van der Waals surface area contributed by atoms with Crippen molar-refractivity contribution in [2.24, 2.45) is 0 Å². The minimum atomic E-state index is 0.269. The van der Waals surface area contributed by atoms with E-state index < -0.39 is 0 Å². The lowest BCUT2D eigenvalue weighted by Crippen LogP contribution is -2.08. The molecule has 0 fully saturated rings.